The van der Waals surface area contributed by atoms with Crippen LogP contribution in [0.15, 0.2) is 96.9 Å². The molecule has 2 N–H and O–H groups in total. The van der Waals surface area contributed by atoms with Gasteiger partial charge in [-0.3, -0.25) is 0 Å². The quantitative estimate of drug-likeness (QED) is 0.0442. The summed E-state index contributed by atoms with van der Waals surface area (Å²) in [5, 5.41) is 11.5. The summed E-state index contributed by atoms with van der Waals surface area (Å²) in [4.78, 5) is 35.9. The molecule has 1 aliphatic heterocycles. The van der Waals surface area contributed by atoms with E-state index < -0.39 is 17.7 Å². The van der Waals surface area contributed by atoms with Crippen LogP contribution >= 0.6 is 0 Å². The molecule has 0 radical (unpaired) electrons. The van der Waals surface area contributed by atoms with E-state index in [-0.39, 0.29) is 25.0 Å². The number of fused-ring (bicyclic) bond motifs is 2. The highest BCUT2D eigenvalue weighted by Gasteiger charge is 2.50. The largest absolute Gasteiger partial charge is 0.482 e. The van der Waals surface area contributed by atoms with E-state index in [2.05, 4.69) is 38.9 Å². The van der Waals surface area contributed by atoms with Crippen molar-refractivity contribution in [1.82, 2.24) is 5.48 Å². The van der Waals surface area contributed by atoms with Crippen molar-refractivity contribution in [3.8, 4) is 5.75 Å². The summed E-state index contributed by atoms with van der Waals surface area (Å²) in [7, 11) is 0. The third-order valence-corrected chi connectivity index (χ3v) is 10.9. The third-order valence-electron chi connectivity index (χ3n) is 10.9. The molecule has 1 unspecified atom stereocenters. The molecule has 5 atom stereocenters. The molecule has 3 aliphatic rings. The molecule has 0 bridgehead atoms. The maximum absolute atomic E-state index is 12.5. The third kappa shape index (κ3) is 8.82. The molecule has 278 valence electrons. The van der Waals surface area contributed by atoms with Gasteiger partial charge in [0.15, 0.2) is 23.7 Å². The van der Waals surface area contributed by atoms with Crippen molar-refractivity contribution in [2.24, 2.45) is 23.7 Å². The average Bonchev–Trinajstić information content (AvgIpc) is 3.67. The lowest BCUT2D eigenvalue weighted by Crippen LogP contribution is -2.39. The van der Waals surface area contributed by atoms with Crippen molar-refractivity contribution >= 4 is 11.7 Å². The van der Waals surface area contributed by atoms with Gasteiger partial charge in [0, 0.05) is 11.5 Å². The normalized spacial score (nSPS) is 23.5. The van der Waals surface area contributed by atoms with E-state index in [9.17, 15) is 9.90 Å². The van der Waals surface area contributed by atoms with E-state index in [1.54, 1.807) is 0 Å². The van der Waals surface area contributed by atoms with E-state index in [4.69, 9.17) is 29.1 Å². The average molecular weight is 712 g/mol. The van der Waals surface area contributed by atoms with Crippen LogP contribution in [0.25, 0.3) is 5.76 Å². The number of aliphatic hydroxyl groups excluding tert-OH is 1. The Labute approximate surface area is 307 Å². The van der Waals surface area contributed by atoms with Gasteiger partial charge in [0.05, 0.1) is 6.10 Å². The lowest BCUT2D eigenvalue weighted by Gasteiger charge is -2.34. The van der Waals surface area contributed by atoms with Crippen LogP contribution in [0.1, 0.15) is 88.0 Å². The first kappa shape index (κ1) is 37.4. The number of hydroxylamine groups is 1. The van der Waals surface area contributed by atoms with Crippen LogP contribution in [0.5, 0.6) is 5.75 Å². The van der Waals surface area contributed by atoms with Crippen LogP contribution in [0.4, 0.5) is 0 Å². The standard InChI is InChI=1S/C43H53NO8/c1-5-6-13-22-43(42(41(29(2)3)50-51-43)44-52-49-30(4)32-17-11-8-12-18-32)23-21-35-36-24-33-19-14-20-39(37(33)25-34(36)26-38(35)45)47-28-40(46)48-27-31-15-9-7-10-16-31/h7-12,14-20,29,34-36,38,44-45H,4-6,13,21-28H2,1-3H3/t34-,35?,36-,38+,43+/m0/s1. The number of esters is 1. The number of allylic oxidation sites excluding steroid dienone is 1. The second-order valence-corrected chi connectivity index (χ2v) is 14.7. The molecule has 52 heavy (non-hydrogen) atoms. The minimum Gasteiger partial charge on any atom is -0.482 e. The minimum absolute atomic E-state index is 0.0369. The van der Waals surface area contributed by atoms with Gasteiger partial charge in [0.2, 0.25) is 0 Å². The second-order valence-electron chi connectivity index (χ2n) is 14.7. The van der Waals surface area contributed by atoms with Crippen molar-refractivity contribution in [2.45, 2.75) is 96.9 Å². The molecular weight excluding hydrogens is 658 g/mol. The highest BCUT2D eigenvalue weighted by Crippen LogP contribution is 2.50. The maximum Gasteiger partial charge on any atom is 0.344 e. The van der Waals surface area contributed by atoms with Crippen molar-refractivity contribution in [3.05, 3.63) is 119 Å². The molecule has 3 aromatic carbocycles. The van der Waals surface area contributed by atoms with Crippen LogP contribution < -0.4 is 10.2 Å². The summed E-state index contributed by atoms with van der Waals surface area (Å²) in [6.07, 6.45) is 7.13. The fraction of sp³-hybridized carbons (Fsp3) is 0.465. The van der Waals surface area contributed by atoms with Crippen LogP contribution in [0, 0.1) is 23.7 Å². The van der Waals surface area contributed by atoms with Crippen LogP contribution in [-0.4, -0.2) is 29.4 Å². The Morgan fingerprint density at radius 2 is 1.77 bits per heavy atom. The van der Waals surface area contributed by atoms with Crippen LogP contribution in [-0.2, 0) is 48.6 Å². The van der Waals surface area contributed by atoms with Gasteiger partial charge in [-0.1, -0.05) is 124 Å². The van der Waals surface area contributed by atoms with Crippen molar-refractivity contribution in [1.29, 1.82) is 0 Å². The van der Waals surface area contributed by atoms with Crippen molar-refractivity contribution in [3.63, 3.8) is 0 Å². The molecule has 0 aromatic heterocycles. The molecule has 3 aromatic rings. The summed E-state index contributed by atoms with van der Waals surface area (Å²) < 4.78 is 11.5. The zero-order chi connectivity index (χ0) is 36.5. The molecule has 0 saturated heterocycles. The fourth-order valence-corrected chi connectivity index (χ4v) is 8.12. The van der Waals surface area contributed by atoms with Crippen molar-refractivity contribution < 1.29 is 39.0 Å². The molecule has 1 saturated carbocycles. The maximum atomic E-state index is 12.5. The molecule has 1 heterocycles. The van der Waals surface area contributed by atoms with E-state index >= 15 is 0 Å². The summed E-state index contributed by atoms with van der Waals surface area (Å²) >= 11 is 0. The smallest absolute Gasteiger partial charge is 0.344 e. The molecule has 2 aliphatic carbocycles. The van der Waals surface area contributed by atoms with E-state index in [0.29, 0.717) is 29.8 Å². The molecule has 1 fully saturated rings. The molecule has 9 heteroatoms. The SMILES string of the molecule is C=C(OONC1=C(C(C)C)OO[C@]1(CCCCC)CCC1[C@H](O)C[C@@H]2Cc3c(cccc3OCC(=O)OCc3ccccc3)C[C@H]12)c1ccccc1. The Balaban J connectivity index is 1.12. The van der Waals surface area contributed by atoms with Crippen LogP contribution in [0.2, 0.25) is 0 Å². The Kier molecular flexibility index (Phi) is 12.6. The lowest BCUT2D eigenvalue weighted by atomic mass is 9.72. The number of rotatable bonds is 18. The van der Waals surface area contributed by atoms with Gasteiger partial charge in [-0.15, -0.1) is 0 Å². The Morgan fingerprint density at radius 1 is 1.00 bits per heavy atom. The first-order chi connectivity index (χ1) is 25.3. The number of ether oxygens (including phenoxy) is 2. The topological polar surface area (TPSA) is 105 Å². The summed E-state index contributed by atoms with van der Waals surface area (Å²) in [5.41, 5.74) is 7.09. The monoisotopic (exact) mass is 711 g/mol. The fourth-order valence-electron chi connectivity index (χ4n) is 8.12. The highest BCUT2D eigenvalue weighted by atomic mass is 17.3. The van der Waals surface area contributed by atoms with Gasteiger partial charge < -0.3 is 24.4 Å². The Bertz CT molecular complexity index is 1670. The molecule has 6 rings (SSSR count). The number of benzene rings is 3. The number of unbranched alkanes of at least 4 members (excludes halogenated alkanes) is 2. The minimum atomic E-state index is -0.785. The number of hydrogen-bond acceptors (Lipinski definition) is 9. The Hall–Kier alpha value is -4.31. The predicted molar refractivity (Wildman–Crippen MR) is 198 cm³/mol. The van der Waals surface area contributed by atoms with Gasteiger partial charge in [0.25, 0.3) is 0 Å². The zero-order valence-corrected chi connectivity index (χ0v) is 30.7. The molecule has 0 spiro atoms. The van der Waals surface area contributed by atoms with Gasteiger partial charge in [-0.05, 0) is 79.0 Å². The van der Waals surface area contributed by atoms with Crippen molar-refractivity contribution in [2.75, 3.05) is 6.61 Å². The van der Waals surface area contributed by atoms with Gasteiger partial charge >= 0.3 is 5.97 Å². The predicted octanol–water partition coefficient (Wildman–Crippen LogP) is 8.57. The number of aliphatic hydroxyl groups is 1. The number of carbonyl (C=O) groups excluding carboxylic acids is 1. The summed E-state index contributed by atoms with van der Waals surface area (Å²) in [6, 6.07) is 25.3. The molecule has 9 nitrogen and oxygen atoms in total. The first-order valence-electron chi connectivity index (χ1n) is 18.8. The second kappa shape index (κ2) is 17.5. The van der Waals surface area contributed by atoms with E-state index in [1.165, 1.54) is 5.56 Å². The van der Waals surface area contributed by atoms with Crippen LogP contribution in [0.3, 0.4) is 0 Å². The number of carbonyl (C=O) groups is 1. The number of hydrogen-bond donors (Lipinski definition) is 2. The van der Waals surface area contributed by atoms with E-state index in [0.717, 1.165) is 79.5 Å². The van der Waals surface area contributed by atoms with Gasteiger partial charge in [-0.25, -0.2) is 10.3 Å². The van der Waals surface area contributed by atoms with Gasteiger partial charge in [-0.2, -0.15) is 4.89 Å². The lowest BCUT2D eigenvalue weighted by molar-refractivity contribution is -0.316. The first-order valence-corrected chi connectivity index (χ1v) is 18.8. The summed E-state index contributed by atoms with van der Waals surface area (Å²) in [5.74, 6) is 2.11. The highest BCUT2D eigenvalue weighted by molar-refractivity contribution is 5.71. The molecule has 0 amide bonds. The molecular formula is C43H53NO8. The van der Waals surface area contributed by atoms with E-state index in [1.807, 2.05) is 72.8 Å². The van der Waals surface area contributed by atoms with Gasteiger partial charge in [0.1, 0.15) is 18.1 Å². The zero-order valence-electron chi connectivity index (χ0n) is 30.7. The number of nitrogens with one attached hydrogen (secondary N) is 1. The summed E-state index contributed by atoms with van der Waals surface area (Å²) in [6.45, 7) is 10.4. The Morgan fingerprint density at radius 3 is 2.52 bits per heavy atom.